The zero-order chi connectivity index (χ0) is 14.5. The summed E-state index contributed by atoms with van der Waals surface area (Å²) in [5, 5.41) is 6.30. The molecule has 0 bridgehead atoms. The molecule has 0 N–H and O–H groups in total. The Morgan fingerprint density at radius 2 is 1.81 bits per heavy atom. The Morgan fingerprint density at radius 3 is 2.48 bits per heavy atom. The minimum Gasteiger partial charge on any atom is -0.306 e. The second kappa shape index (κ2) is 6.05. The van der Waals surface area contributed by atoms with E-state index in [2.05, 4.69) is 10.1 Å². The van der Waals surface area contributed by atoms with Crippen LogP contribution in [-0.4, -0.2) is 22.8 Å². The Balaban J connectivity index is 1.72. The first-order valence-electron chi connectivity index (χ1n) is 6.74. The smallest absolute Gasteiger partial charge is 0.0991 e. The SMILES string of the molecule is CN(/N=C/c1ccc(-n2ccnc2)cc1)c1ccccc1. The number of nitrogens with zero attached hydrogens (tertiary/aromatic N) is 4. The molecule has 1 heterocycles. The molecule has 0 aliphatic heterocycles. The van der Waals surface area contributed by atoms with Crippen molar-refractivity contribution >= 4 is 11.9 Å². The molecule has 0 radical (unpaired) electrons. The van der Waals surface area contributed by atoms with E-state index in [9.17, 15) is 0 Å². The van der Waals surface area contributed by atoms with Crippen LogP contribution in [0.5, 0.6) is 0 Å². The van der Waals surface area contributed by atoms with Gasteiger partial charge in [-0.3, -0.25) is 5.01 Å². The molecule has 4 nitrogen and oxygen atoms in total. The van der Waals surface area contributed by atoms with E-state index in [-0.39, 0.29) is 0 Å². The quantitative estimate of drug-likeness (QED) is 0.541. The largest absolute Gasteiger partial charge is 0.306 e. The van der Waals surface area contributed by atoms with Gasteiger partial charge in [-0.25, -0.2) is 4.98 Å². The van der Waals surface area contributed by atoms with Gasteiger partial charge >= 0.3 is 0 Å². The Bertz CT molecular complexity index is 700. The van der Waals surface area contributed by atoms with Gasteiger partial charge in [0.1, 0.15) is 0 Å². The maximum atomic E-state index is 4.45. The highest BCUT2D eigenvalue weighted by Crippen LogP contribution is 2.12. The lowest BCUT2D eigenvalue weighted by Crippen LogP contribution is -2.08. The first kappa shape index (κ1) is 13.1. The van der Waals surface area contributed by atoms with Crippen molar-refractivity contribution in [3.05, 3.63) is 78.9 Å². The van der Waals surface area contributed by atoms with Crippen molar-refractivity contribution in [2.24, 2.45) is 5.10 Å². The van der Waals surface area contributed by atoms with Crippen LogP contribution in [-0.2, 0) is 0 Å². The lowest BCUT2D eigenvalue weighted by molar-refractivity contribution is 1.02. The van der Waals surface area contributed by atoms with Crippen LogP contribution in [0, 0.1) is 0 Å². The van der Waals surface area contributed by atoms with Crippen LogP contribution >= 0.6 is 0 Å². The molecule has 2 aromatic carbocycles. The van der Waals surface area contributed by atoms with Crippen LogP contribution < -0.4 is 5.01 Å². The van der Waals surface area contributed by atoms with Crippen LogP contribution in [0.1, 0.15) is 5.56 Å². The molecule has 0 saturated heterocycles. The molecule has 21 heavy (non-hydrogen) atoms. The number of hydrazone groups is 1. The number of anilines is 1. The normalized spacial score (nSPS) is 10.9. The molecular formula is C17H16N4. The highest BCUT2D eigenvalue weighted by molar-refractivity contribution is 5.80. The number of hydrogen-bond donors (Lipinski definition) is 0. The van der Waals surface area contributed by atoms with Crippen LogP contribution in [0.4, 0.5) is 5.69 Å². The van der Waals surface area contributed by atoms with Crippen LogP contribution in [0.2, 0.25) is 0 Å². The lowest BCUT2D eigenvalue weighted by atomic mass is 10.2. The summed E-state index contributed by atoms with van der Waals surface area (Å²) in [4.78, 5) is 4.04. The Kier molecular flexibility index (Phi) is 3.78. The van der Waals surface area contributed by atoms with E-state index in [1.54, 1.807) is 12.5 Å². The number of aromatic nitrogens is 2. The van der Waals surface area contributed by atoms with Gasteiger partial charge in [0, 0.05) is 25.1 Å². The summed E-state index contributed by atoms with van der Waals surface area (Å²) in [5.41, 5.74) is 3.20. The van der Waals surface area contributed by atoms with E-state index in [0.717, 1.165) is 16.9 Å². The molecule has 0 spiro atoms. The summed E-state index contributed by atoms with van der Waals surface area (Å²) < 4.78 is 1.97. The van der Waals surface area contributed by atoms with Gasteiger partial charge < -0.3 is 4.57 Å². The predicted molar refractivity (Wildman–Crippen MR) is 86.0 cm³/mol. The average Bonchev–Trinajstić information content (AvgIpc) is 3.08. The zero-order valence-corrected chi connectivity index (χ0v) is 11.8. The van der Waals surface area contributed by atoms with Crippen molar-refractivity contribution in [1.29, 1.82) is 0 Å². The first-order chi connectivity index (χ1) is 10.3. The van der Waals surface area contributed by atoms with Crippen molar-refractivity contribution in [2.45, 2.75) is 0 Å². The van der Waals surface area contributed by atoms with Crippen molar-refractivity contribution in [3.63, 3.8) is 0 Å². The molecule has 0 atom stereocenters. The van der Waals surface area contributed by atoms with Gasteiger partial charge in [0.25, 0.3) is 0 Å². The van der Waals surface area contributed by atoms with Crippen molar-refractivity contribution < 1.29 is 0 Å². The van der Waals surface area contributed by atoms with Crippen LogP contribution in [0.3, 0.4) is 0 Å². The molecule has 0 fully saturated rings. The first-order valence-corrected chi connectivity index (χ1v) is 6.74. The van der Waals surface area contributed by atoms with Crippen LogP contribution in [0.25, 0.3) is 5.69 Å². The Labute approximate surface area is 124 Å². The van der Waals surface area contributed by atoms with E-state index in [1.807, 2.05) is 83.6 Å². The van der Waals surface area contributed by atoms with E-state index in [1.165, 1.54) is 0 Å². The monoisotopic (exact) mass is 276 g/mol. The highest BCUT2D eigenvalue weighted by atomic mass is 15.4. The Hall–Kier alpha value is -2.88. The second-order valence-corrected chi connectivity index (χ2v) is 4.67. The lowest BCUT2D eigenvalue weighted by Gasteiger charge is -2.12. The van der Waals surface area contributed by atoms with Crippen molar-refractivity contribution in [1.82, 2.24) is 9.55 Å². The average molecular weight is 276 g/mol. The fraction of sp³-hybridized carbons (Fsp3) is 0.0588. The molecular weight excluding hydrogens is 260 g/mol. The summed E-state index contributed by atoms with van der Waals surface area (Å²) >= 11 is 0. The molecule has 3 rings (SSSR count). The van der Waals surface area contributed by atoms with E-state index in [0.29, 0.717) is 0 Å². The summed E-state index contributed by atoms with van der Waals surface area (Å²) in [5.74, 6) is 0. The molecule has 1 aromatic heterocycles. The zero-order valence-electron chi connectivity index (χ0n) is 11.8. The summed E-state index contributed by atoms with van der Waals surface area (Å²) in [7, 11) is 1.94. The molecule has 4 heteroatoms. The minimum atomic E-state index is 1.06. The fourth-order valence-electron chi connectivity index (χ4n) is 2.01. The molecule has 0 saturated carbocycles. The Morgan fingerprint density at radius 1 is 1.05 bits per heavy atom. The summed E-state index contributed by atoms with van der Waals surface area (Å²) in [6.07, 6.45) is 7.33. The number of imidazole rings is 1. The number of hydrogen-bond acceptors (Lipinski definition) is 3. The number of rotatable bonds is 4. The van der Waals surface area contributed by atoms with Crippen LogP contribution in [0.15, 0.2) is 78.4 Å². The fourth-order valence-corrected chi connectivity index (χ4v) is 2.01. The van der Waals surface area contributed by atoms with E-state index in [4.69, 9.17) is 0 Å². The van der Waals surface area contributed by atoms with Gasteiger partial charge in [-0.15, -0.1) is 0 Å². The second-order valence-electron chi connectivity index (χ2n) is 4.67. The van der Waals surface area contributed by atoms with Gasteiger partial charge in [0.15, 0.2) is 0 Å². The molecule has 0 aliphatic carbocycles. The van der Waals surface area contributed by atoms with Gasteiger partial charge in [0.05, 0.1) is 18.2 Å². The highest BCUT2D eigenvalue weighted by Gasteiger charge is 1.97. The third-order valence-electron chi connectivity index (χ3n) is 3.21. The summed E-state index contributed by atoms with van der Waals surface area (Å²) in [6, 6.07) is 18.2. The maximum Gasteiger partial charge on any atom is 0.0991 e. The van der Waals surface area contributed by atoms with E-state index < -0.39 is 0 Å². The molecule has 104 valence electrons. The molecule has 0 unspecified atom stereocenters. The third-order valence-corrected chi connectivity index (χ3v) is 3.21. The van der Waals surface area contributed by atoms with Gasteiger partial charge in [-0.1, -0.05) is 30.3 Å². The molecule has 0 aliphatic rings. The number of para-hydroxylation sites is 1. The molecule has 3 aromatic rings. The van der Waals surface area contributed by atoms with Gasteiger partial charge in [-0.2, -0.15) is 5.10 Å². The van der Waals surface area contributed by atoms with Crippen molar-refractivity contribution in [3.8, 4) is 5.69 Å². The van der Waals surface area contributed by atoms with Gasteiger partial charge in [-0.05, 0) is 29.8 Å². The topological polar surface area (TPSA) is 33.4 Å². The molecule has 0 amide bonds. The van der Waals surface area contributed by atoms with Crippen molar-refractivity contribution in [2.75, 3.05) is 12.1 Å². The maximum absolute atomic E-state index is 4.45. The predicted octanol–water partition coefficient (Wildman–Crippen LogP) is 3.34. The van der Waals surface area contributed by atoms with Gasteiger partial charge in [0.2, 0.25) is 0 Å². The van der Waals surface area contributed by atoms with E-state index >= 15 is 0 Å². The summed E-state index contributed by atoms with van der Waals surface area (Å²) in [6.45, 7) is 0. The minimum absolute atomic E-state index is 1.06. The number of benzene rings is 2. The standard InChI is InChI=1S/C17H16N4/c1-20(16-5-3-2-4-6-16)19-13-15-7-9-17(10-8-15)21-12-11-18-14-21/h2-14H,1H3/b19-13+. The third kappa shape index (κ3) is 3.17.